The van der Waals surface area contributed by atoms with Crippen molar-refractivity contribution in [3.63, 3.8) is 0 Å². The number of halogens is 2. The van der Waals surface area contributed by atoms with Gasteiger partial charge in [0.15, 0.2) is 5.78 Å². The van der Waals surface area contributed by atoms with Crippen molar-refractivity contribution in [3.05, 3.63) is 35.4 Å². The highest BCUT2D eigenvalue weighted by Crippen LogP contribution is 2.29. The molecule has 0 amide bonds. The van der Waals surface area contributed by atoms with E-state index >= 15 is 0 Å². The molecule has 0 unspecified atom stereocenters. The molecule has 20 heavy (non-hydrogen) atoms. The number of benzene rings is 1. The van der Waals surface area contributed by atoms with Gasteiger partial charge in [-0.25, -0.2) is 8.78 Å². The van der Waals surface area contributed by atoms with Gasteiger partial charge in [0.1, 0.15) is 11.6 Å². The summed E-state index contributed by atoms with van der Waals surface area (Å²) in [6, 6.07) is 3.00. The smallest absolute Gasteiger partial charge is 0.164 e. The van der Waals surface area contributed by atoms with Gasteiger partial charge >= 0.3 is 0 Å². The summed E-state index contributed by atoms with van der Waals surface area (Å²) in [4.78, 5) is 14.3. The quantitative estimate of drug-likeness (QED) is 0.678. The lowest BCUT2D eigenvalue weighted by molar-refractivity contribution is 0.0961. The lowest BCUT2D eigenvalue weighted by Gasteiger charge is -2.21. The third-order valence-electron chi connectivity index (χ3n) is 3.59. The summed E-state index contributed by atoms with van der Waals surface area (Å²) in [5.74, 6) is -0.808. The third-order valence-corrected chi connectivity index (χ3v) is 3.59. The molecule has 2 nitrogen and oxygen atoms in total. The SMILES string of the molecule is CCCN(CCC(=O)c1cc(F)cc(F)c1)CC1CC1. The largest absolute Gasteiger partial charge is 0.303 e. The van der Waals surface area contributed by atoms with Crippen molar-refractivity contribution in [1.29, 1.82) is 0 Å². The lowest BCUT2D eigenvalue weighted by Crippen LogP contribution is -2.29. The molecule has 0 aromatic heterocycles. The van der Waals surface area contributed by atoms with Gasteiger partial charge in [-0.15, -0.1) is 0 Å². The van der Waals surface area contributed by atoms with Crippen LogP contribution in [0.2, 0.25) is 0 Å². The molecule has 0 heterocycles. The minimum atomic E-state index is -0.697. The second kappa shape index (κ2) is 6.93. The van der Waals surface area contributed by atoms with Crippen molar-refractivity contribution in [2.45, 2.75) is 32.6 Å². The molecule has 110 valence electrons. The first kappa shape index (κ1) is 15.1. The Labute approximate surface area is 118 Å². The zero-order valence-electron chi connectivity index (χ0n) is 11.9. The fraction of sp³-hybridized carbons (Fsp3) is 0.562. The number of Topliss-reactive ketones (excluding diaryl/α,β-unsaturated/α-hetero) is 1. The van der Waals surface area contributed by atoms with Crippen LogP contribution in [-0.2, 0) is 0 Å². The van der Waals surface area contributed by atoms with Crippen LogP contribution in [0.15, 0.2) is 18.2 Å². The Hall–Kier alpha value is -1.29. The Bertz CT molecular complexity index is 451. The first-order valence-corrected chi connectivity index (χ1v) is 7.30. The van der Waals surface area contributed by atoms with Crippen molar-refractivity contribution in [2.24, 2.45) is 5.92 Å². The first-order valence-electron chi connectivity index (χ1n) is 7.30. The van der Waals surface area contributed by atoms with Crippen LogP contribution in [-0.4, -0.2) is 30.3 Å². The van der Waals surface area contributed by atoms with E-state index < -0.39 is 11.6 Å². The Balaban J connectivity index is 1.88. The topological polar surface area (TPSA) is 20.3 Å². The molecule has 1 aromatic rings. The maximum absolute atomic E-state index is 13.1. The second-order valence-corrected chi connectivity index (χ2v) is 5.58. The number of rotatable bonds is 8. The van der Waals surface area contributed by atoms with Crippen molar-refractivity contribution in [1.82, 2.24) is 4.90 Å². The molecule has 0 spiro atoms. The van der Waals surface area contributed by atoms with Gasteiger partial charge < -0.3 is 4.90 Å². The summed E-state index contributed by atoms with van der Waals surface area (Å²) < 4.78 is 26.2. The molecule has 1 aromatic carbocycles. The van der Waals surface area contributed by atoms with E-state index in [1.54, 1.807) is 0 Å². The molecule has 0 saturated heterocycles. The Kier molecular flexibility index (Phi) is 5.24. The van der Waals surface area contributed by atoms with Crippen molar-refractivity contribution < 1.29 is 13.6 Å². The van der Waals surface area contributed by atoms with E-state index in [1.807, 2.05) is 0 Å². The van der Waals surface area contributed by atoms with Gasteiger partial charge in [-0.1, -0.05) is 6.92 Å². The van der Waals surface area contributed by atoms with Crippen LogP contribution < -0.4 is 0 Å². The van der Waals surface area contributed by atoms with E-state index in [0.29, 0.717) is 13.0 Å². The molecule has 4 heteroatoms. The van der Waals surface area contributed by atoms with Crippen molar-refractivity contribution >= 4 is 5.78 Å². The monoisotopic (exact) mass is 281 g/mol. The van der Waals surface area contributed by atoms with Crippen LogP contribution in [0.4, 0.5) is 8.78 Å². The summed E-state index contributed by atoms with van der Waals surface area (Å²) in [6.45, 7) is 4.80. The van der Waals surface area contributed by atoms with Gasteiger partial charge in [0.2, 0.25) is 0 Å². The molecule has 0 aliphatic heterocycles. The molecule has 0 bridgehead atoms. The van der Waals surface area contributed by atoms with Crippen molar-refractivity contribution in [2.75, 3.05) is 19.6 Å². The third kappa shape index (κ3) is 4.67. The molecule has 0 atom stereocenters. The number of ketones is 1. The van der Waals surface area contributed by atoms with Gasteiger partial charge in [0.05, 0.1) is 0 Å². The van der Waals surface area contributed by atoms with Gasteiger partial charge in [0, 0.05) is 31.1 Å². The van der Waals surface area contributed by atoms with E-state index in [4.69, 9.17) is 0 Å². The number of nitrogens with zero attached hydrogens (tertiary/aromatic N) is 1. The molecule has 0 N–H and O–H groups in total. The average molecular weight is 281 g/mol. The lowest BCUT2D eigenvalue weighted by atomic mass is 10.1. The minimum absolute atomic E-state index is 0.130. The Morgan fingerprint density at radius 3 is 2.40 bits per heavy atom. The average Bonchev–Trinajstić information content (AvgIpc) is 3.18. The molecule has 1 fully saturated rings. The maximum atomic E-state index is 13.1. The van der Waals surface area contributed by atoms with E-state index in [1.165, 1.54) is 12.8 Å². The second-order valence-electron chi connectivity index (χ2n) is 5.58. The summed E-state index contributed by atoms with van der Waals surface area (Å²) in [7, 11) is 0. The first-order chi connectivity index (χ1) is 9.58. The predicted molar refractivity (Wildman–Crippen MR) is 74.8 cm³/mol. The standard InChI is InChI=1S/C16H21F2NO/c1-2-6-19(11-12-3-4-12)7-5-16(20)13-8-14(17)10-15(18)9-13/h8-10,12H,2-7,11H2,1H3. The van der Waals surface area contributed by atoms with Crippen LogP contribution >= 0.6 is 0 Å². The van der Waals surface area contributed by atoms with Crippen LogP contribution in [0.1, 0.15) is 43.0 Å². The predicted octanol–water partition coefficient (Wildman–Crippen LogP) is 3.66. The van der Waals surface area contributed by atoms with Gasteiger partial charge in [-0.2, -0.15) is 0 Å². The molecule has 0 radical (unpaired) electrons. The van der Waals surface area contributed by atoms with E-state index in [-0.39, 0.29) is 11.3 Å². The fourth-order valence-electron chi connectivity index (χ4n) is 2.39. The molecule has 1 aliphatic carbocycles. The molecular formula is C16H21F2NO. The summed E-state index contributed by atoms with van der Waals surface area (Å²) >= 11 is 0. The molecular weight excluding hydrogens is 260 g/mol. The van der Waals surface area contributed by atoms with Crippen LogP contribution in [0, 0.1) is 17.6 Å². The summed E-state index contributed by atoms with van der Waals surface area (Å²) in [5.41, 5.74) is 0.130. The highest BCUT2D eigenvalue weighted by molar-refractivity contribution is 5.96. The number of carbonyl (C=O) groups excluding carboxylic acids is 1. The highest BCUT2D eigenvalue weighted by atomic mass is 19.1. The summed E-state index contributed by atoms with van der Waals surface area (Å²) in [6.07, 6.45) is 3.93. The highest BCUT2D eigenvalue weighted by Gasteiger charge is 2.24. The molecule has 1 saturated carbocycles. The number of hydrogen-bond acceptors (Lipinski definition) is 2. The van der Waals surface area contributed by atoms with Crippen LogP contribution in [0.5, 0.6) is 0 Å². The molecule has 1 aliphatic rings. The van der Waals surface area contributed by atoms with E-state index in [0.717, 1.165) is 43.6 Å². The van der Waals surface area contributed by atoms with Crippen molar-refractivity contribution in [3.8, 4) is 0 Å². The van der Waals surface area contributed by atoms with Gasteiger partial charge in [0.25, 0.3) is 0 Å². The zero-order valence-corrected chi connectivity index (χ0v) is 11.9. The Morgan fingerprint density at radius 2 is 1.85 bits per heavy atom. The van der Waals surface area contributed by atoms with Crippen LogP contribution in [0.25, 0.3) is 0 Å². The van der Waals surface area contributed by atoms with E-state index in [2.05, 4.69) is 11.8 Å². The van der Waals surface area contributed by atoms with Gasteiger partial charge in [-0.3, -0.25) is 4.79 Å². The normalized spacial score (nSPS) is 14.8. The zero-order chi connectivity index (χ0) is 14.5. The maximum Gasteiger partial charge on any atom is 0.164 e. The number of hydrogen-bond donors (Lipinski definition) is 0. The fourth-order valence-corrected chi connectivity index (χ4v) is 2.39. The molecule has 2 rings (SSSR count). The van der Waals surface area contributed by atoms with Crippen LogP contribution in [0.3, 0.4) is 0 Å². The minimum Gasteiger partial charge on any atom is -0.303 e. The van der Waals surface area contributed by atoms with E-state index in [9.17, 15) is 13.6 Å². The Morgan fingerprint density at radius 1 is 1.20 bits per heavy atom. The summed E-state index contributed by atoms with van der Waals surface area (Å²) in [5, 5.41) is 0. The number of carbonyl (C=O) groups is 1. The van der Waals surface area contributed by atoms with Gasteiger partial charge in [-0.05, 0) is 43.9 Å².